The first-order chi connectivity index (χ1) is 5.26. The Hall–Kier alpha value is -1.32. The third-order valence-electron chi connectivity index (χ3n) is 1.13. The van der Waals surface area contributed by atoms with Gasteiger partial charge < -0.3 is 0 Å². The highest BCUT2D eigenvalue weighted by Gasteiger charge is 1.96. The monoisotopic (exact) mass is 152 g/mol. The molecule has 0 amide bonds. The summed E-state index contributed by atoms with van der Waals surface area (Å²) in [5.41, 5.74) is 0.785. The van der Waals surface area contributed by atoms with E-state index in [1.54, 1.807) is 14.1 Å². The zero-order chi connectivity index (χ0) is 8.69. The van der Waals surface area contributed by atoms with Crippen LogP contribution in [-0.2, 0) is 0 Å². The number of aliphatic imine (C=N–C) groups is 4. The quantitative estimate of drug-likeness (QED) is 0.416. The van der Waals surface area contributed by atoms with Gasteiger partial charge in [-0.2, -0.15) is 0 Å². The number of rotatable bonds is 2. The van der Waals surface area contributed by atoms with Crippen molar-refractivity contribution < 1.29 is 0 Å². The lowest BCUT2D eigenvalue weighted by Gasteiger charge is -1.94. The highest BCUT2D eigenvalue weighted by Crippen LogP contribution is 1.84. The minimum atomic E-state index is 0.583. The number of hydrogen-bond acceptors (Lipinski definition) is 2. The summed E-state index contributed by atoms with van der Waals surface area (Å²) in [6.07, 6.45) is 1.34. The van der Waals surface area contributed by atoms with Crippen molar-refractivity contribution in [2.45, 2.75) is 6.92 Å². The molecule has 0 saturated heterocycles. The molecule has 0 spiro atoms. The van der Waals surface area contributed by atoms with Gasteiger partial charge in [-0.25, -0.2) is 4.99 Å². The molecule has 0 aliphatic heterocycles. The Morgan fingerprint density at radius 2 is 1.91 bits per heavy atom. The lowest BCUT2D eigenvalue weighted by molar-refractivity contribution is 1.38. The maximum absolute atomic E-state index is 3.92. The summed E-state index contributed by atoms with van der Waals surface area (Å²) in [6, 6.07) is 0. The standard InChI is InChI=1S/C7H12N4/c1-6(9-3)7(10-4)11-5-8-2/h5H,2H2,1,3-4H3. The van der Waals surface area contributed by atoms with E-state index in [0.717, 1.165) is 5.71 Å². The van der Waals surface area contributed by atoms with Gasteiger partial charge in [0.25, 0.3) is 0 Å². The molecule has 60 valence electrons. The molecule has 0 N–H and O–H groups in total. The molecule has 0 aliphatic carbocycles. The van der Waals surface area contributed by atoms with Gasteiger partial charge in [-0.05, 0) is 13.6 Å². The van der Waals surface area contributed by atoms with Gasteiger partial charge in [-0.3, -0.25) is 15.0 Å². The van der Waals surface area contributed by atoms with Gasteiger partial charge in [0, 0.05) is 14.1 Å². The fourth-order valence-corrected chi connectivity index (χ4v) is 0.508. The van der Waals surface area contributed by atoms with Crippen molar-refractivity contribution in [1.29, 1.82) is 0 Å². The molecule has 11 heavy (non-hydrogen) atoms. The van der Waals surface area contributed by atoms with Crippen molar-refractivity contribution in [2.24, 2.45) is 20.0 Å². The molecule has 0 fully saturated rings. The van der Waals surface area contributed by atoms with Gasteiger partial charge in [0.1, 0.15) is 6.34 Å². The Balaban J connectivity index is 4.44. The number of amidine groups is 1. The fourth-order valence-electron chi connectivity index (χ4n) is 0.508. The first-order valence-electron chi connectivity index (χ1n) is 3.15. The van der Waals surface area contributed by atoms with Gasteiger partial charge in [0.15, 0.2) is 5.84 Å². The molecule has 4 heteroatoms. The number of nitrogens with zero attached hydrogens (tertiary/aromatic N) is 4. The molecule has 0 saturated carbocycles. The van der Waals surface area contributed by atoms with Crippen LogP contribution in [0.15, 0.2) is 20.0 Å². The molecule has 0 rings (SSSR count). The largest absolute Gasteiger partial charge is 0.289 e. The fraction of sp³-hybridized carbons (Fsp3) is 0.429. The summed E-state index contributed by atoms with van der Waals surface area (Å²) in [5, 5.41) is 0. The van der Waals surface area contributed by atoms with Crippen molar-refractivity contribution in [3.63, 3.8) is 0 Å². The predicted octanol–water partition coefficient (Wildman–Crippen LogP) is 0.834. The van der Waals surface area contributed by atoms with Gasteiger partial charge in [-0.15, -0.1) is 0 Å². The highest BCUT2D eigenvalue weighted by atomic mass is 15.0. The maximum Gasteiger partial charge on any atom is 0.169 e. The molecule has 0 aromatic rings. The smallest absolute Gasteiger partial charge is 0.169 e. The molecule has 0 aromatic carbocycles. The van der Waals surface area contributed by atoms with Crippen molar-refractivity contribution in [2.75, 3.05) is 14.1 Å². The van der Waals surface area contributed by atoms with Gasteiger partial charge >= 0.3 is 0 Å². The van der Waals surface area contributed by atoms with E-state index >= 15 is 0 Å². The normalized spacial score (nSPS) is 14.1. The van der Waals surface area contributed by atoms with E-state index in [1.807, 2.05) is 6.92 Å². The summed E-state index contributed by atoms with van der Waals surface area (Å²) in [5.74, 6) is 0.583. The first kappa shape index (κ1) is 9.68. The third kappa shape index (κ3) is 3.40. The minimum Gasteiger partial charge on any atom is -0.289 e. The van der Waals surface area contributed by atoms with E-state index in [2.05, 4.69) is 26.7 Å². The van der Waals surface area contributed by atoms with E-state index in [4.69, 9.17) is 0 Å². The average Bonchev–Trinajstić information content (AvgIpc) is 2.05. The van der Waals surface area contributed by atoms with Crippen LogP contribution in [-0.4, -0.2) is 38.7 Å². The van der Waals surface area contributed by atoms with Crippen LogP contribution in [0.2, 0.25) is 0 Å². The third-order valence-corrected chi connectivity index (χ3v) is 1.13. The molecule has 0 radical (unpaired) electrons. The zero-order valence-corrected chi connectivity index (χ0v) is 7.07. The van der Waals surface area contributed by atoms with Crippen molar-refractivity contribution in [1.82, 2.24) is 0 Å². The lowest BCUT2D eigenvalue weighted by Crippen LogP contribution is -2.07. The molecule has 0 aliphatic rings. The summed E-state index contributed by atoms with van der Waals surface area (Å²) in [4.78, 5) is 15.2. The number of hydrogen-bond donors (Lipinski definition) is 0. The SMILES string of the molecule is C=NC=NC(=NC)C(C)=NC. The summed E-state index contributed by atoms with van der Waals surface area (Å²) < 4.78 is 0. The van der Waals surface area contributed by atoms with E-state index in [-0.39, 0.29) is 0 Å². The second-order valence-electron chi connectivity index (χ2n) is 1.78. The maximum atomic E-state index is 3.92. The molecule has 0 unspecified atom stereocenters. The molecule has 0 bridgehead atoms. The molecule has 0 atom stereocenters. The van der Waals surface area contributed by atoms with Crippen LogP contribution in [0.1, 0.15) is 6.92 Å². The first-order valence-corrected chi connectivity index (χ1v) is 3.15. The molecule has 4 nitrogen and oxygen atoms in total. The van der Waals surface area contributed by atoms with E-state index in [0.29, 0.717) is 5.84 Å². The molecular formula is C7H12N4. The predicted molar refractivity (Wildman–Crippen MR) is 50.4 cm³/mol. The van der Waals surface area contributed by atoms with E-state index < -0.39 is 0 Å². The van der Waals surface area contributed by atoms with Crippen molar-refractivity contribution in [3.8, 4) is 0 Å². The summed E-state index contributed by atoms with van der Waals surface area (Å²) in [7, 11) is 3.35. The Labute approximate surface area is 66.5 Å². The van der Waals surface area contributed by atoms with Crippen LogP contribution in [0.25, 0.3) is 0 Å². The Kier molecular flexibility index (Phi) is 4.81. The summed E-state index contributed by atoms with van der Waals surface area (Å²) >= 11 is 0. The van der Waals surface area contributed by atoms with Crippen LogP contribution in [0.5, 0.6) is 0 Å². The van der Waals surface area contributed by atoms with Gasteiger partial charge in [0.05, 0.1) is 5.71 Å². The topological polar surface area (TPSA) is 49.4 Å². The van der Waals surface area contributed by atoms with E-state index in [1.165, 1.54) is 6.34 Å². The molecular weight excluding hydrogens is 140 g/mol. The minimum absolute atomic E-state index is 0.583. The lowest BCUT2D eigenvalue weighted by atomic mass is 10.4. The van der Waals surface area contributed by atoms with Gasteiger partial charge in [0.2, 0.25) is 0 Å². The van der Waals surface area contributed by atoms with Crippen molar-refractivity contribution >= 4 is 24.6 Å². The Morgan fingerprint density at radius 3 is 2.27 bits per heavy atom. The highest BCUT2D eigenvalue weighted by molar-refractivity contribution is 6.41. The Bertz CT molecular complexity index is 212. The molecule has 0 aromatic heterocycles. The average molecular weight is 152 g/mol. The van der Waals surface area contributed by atoms with Gasteiger partial charge in [-0.1, -0.05) is 0 Å². The second kappa shape index (κ2) is 5.46. The van der Waals surface area contributed by atoms with Crippen molar-refractivity contribution in [3.05, 3.63) is 0 Å². The summed E-state index contributed by atoms with van der Waals surface area (Å²) in [6.45, 7) is 5.09. The second-order valence-corrected chi connectivity index (χ2v) is 1.78. The zero-order valence-electron chi connectivity index (χ0n) is 7.07. The van der Waals surface area contributed by atoms with Crippen LogP contribution >= 0.6 is 0 Å². The van der Waals surface area contributed by atoms with E-state index in [9.17, 15) is 0 Å². The van der Waals surface area contributed by atoms with Crippen LogP contribution in [0.4, 0.5) is 0 Å². The molecule has 0 heterocycles. The van der Waals surface area contributed by atoms with Crippen LogP contribution < -0.4 is 0 Å². The van der Waals surface area contributed by atoms with Crippen LogP contribution in [0.3, 0.4) is 0 Å². The van der Waals surface area contributed by atoms with Crippen LogP contribution in [0, 0.1) is 0 Å². The Morgan fingerprint density at radius 1 is 1.27 bits per heavy atom.